The maximum Gasteiger partial charge on any atom is 0.262 e. The second kappa shape index (κ2) is 4.84. The van der Waals surface area contributed by atoms with Crippen molar-refractivity contribution in [2.75, 3.05) is 11.9 Å². The number of ether oxygens (including phenoxy) is 1. The first-order valence-electron chi connectivity index (χ1n) is 9.19. The van der Waals surface area contributed by atoms with Crippen LogP contribution in [-0.2, 0) is 16.0 Å². The zero-order chi connectivity index (χ0) is 16.5. The molecule has 0 aromatic heterocycles. The lowest BCUT2D eigenvalue weighted by Crippen LogP contribution is -2.42. The number of hydrogen-bond donors (Lipinski definition) is 1. The van der Waals surface area contributed by atoms with Gasteiger partial charge >= 0.3 is 0 Å². The van der Waals surface area contributed by atoms with Crippen LogP contribution in [0.2, 0.25) is 0 Å². The van der Waals surface area contributed by atoms with E-state index in [1.807, 2.05) is 0 Å². The molecule has 4 nitrogen and oxygen atoms in total. The highest BCUT2D eigenvalue weighted by Crippen LogP contribution is 2.60. The second-order valence-electron chi connectivity index (χ2n) is 8.22. The number of anilines is 1. The second-order valence-corrected chi connectivity index (χ2v) is 8.22. The van der Waals surface area contributed by atoms with Crippen LogP contribution in [0.15, 0.2) is 12.1 Å². The molecule has 0 radical (unpaired) electrons. The lowest BCUT2D eigenvalue weighted by molar-refractivity contribution is -0.129. The molecule has 5 rings (SSSR count). The molecule has 1 heterocycles. The van der Waals surface area contributed by atoms with Crippen molar-refractivity contribution in [1.82, 2.24) is 0 Å². The van der Waals surface area contributed by atoms with Crippen LogP contribution >= 0.6 is 0 Å². The molecular formula is C20H23NO3. The van der Waals surface area contributed by atoms with Crippen molar-refractivity contribution in [3.8, 4) is 5.75 Å². The summed E-state index contributed by atoms with van der Waals surface area (Å²) >= 11 is 0. The Morgan fingerprint density at radius 1 is 1.17 bits per heavy atom. The minimum Gasteiger partial charge on any atom is -0.482 e. The van der Waals surface area contributed by atoms with Crippen molar-refractivity contribution in [2.45, 2.75) is 51.4 Å². The summed E-state index contributed by atoms with van der Waals surface area (Å²) in [5.41, 5.74) is 3.50. The highest BCUT2D eigenvalue weighted by Gasteiger charge is 2.54. The van der Waals surface area contributed by atoms with Crippen LogP contribution in [-0.4, -0.2) is 18.3 Å². The number of benzene rings is 1. The Morgan fingerprint density at radius 2 is 2.04 bits per heavy atom. The maximum atomic E-state index is 12.4. The van der Waals surface area contributed by atoms with Gasteiger partial charge in [-0.1, -0.05) is 6.92 Å². The number of carbonyl (C=O) groups excluding carboxylic acids is 2. The number of Topliss-reactive ketones (excluding diaryl/α,β-unsaturated/α-hetero) is 1. The monoisotopic (exact) mass is 325 g/mol. The SMILES string of the molecule is C[C@]12CC[C@@H]3c4cc5c(cc4CC[C@H]3[C@@H]1CCC2=O)OCC(=O)N5. The van der Waals surface area contributed by atoms with Crippen molar-refractivity contribution < 1.29 is 14.3 Å². The zero-order valence-corrected chi connectivity index (χ0v) is 14.1. The van der Waals surface area contributed by atoms with Gasteiger partial charge in [0.1, 0.15) is 11.5 Å². The van der Waals surface area contributed by atoms with Gasteiger partial charge < -0.3 is 10.1 Å². The molecule has 2 fully saturated rings. The van der Waals surface area contributed by atoms with E-state index in [2.05, 4.69) is 24.4 Å². The molecule has 0 spiro atoms. The predicted octanol–water partition coefficient (Wildman–Crippen LogP) is 3.44. The van der Waals surface area contributed by atoms with E-state index in [0.717, 1.165) is 43.5 Å². The van der Waals surface area contributed by atoms with Crippen molar-refractivity contribution >= 4 is 17.4 Å². The summed E-state index contributed by atoms with van der Waals surface area (Å²) in [4.78, 5) is 24.0. The molecule has 1 amide bonds. The van der Waals surface area contributed by atoms with E-state index in [4.69, 9.17) is 4.74 Å². The third kappa shape index (κ3) is 1.86. The lowest BCUT2D eigenvalue weighted by Gasteiger charge is -2.48. The first-order valence-corrected chi connectivity index (χ1v) is 9.19. The molecular weight excluding hydrogens is 302 g/mol. The minimum absolute atomic E-state index is 0.0765. The van der Waals surface area contributed by atoms with E-state index < -0.39 is 0 Å². The number of rotatable bonds is 0. The van der Waals surface area contributed by atoms with Crippen LogP contribution in [0.3, 0.4) is 0 Å². The van der Waals surface area contributed by atoms with E-state index >= 15 is 0 Å². The number of aryl methyl sites for hydroxylation is 1. The largest absolute Gasteiger partial charge is 0.482 e. The first kappa shape index (κ1) is 14.5. The fraction of sp³-hybridized carbons (Fsp3) is 0.600. The summed E-state index contributed by atoms with van der Waals surface area (Å²) in [6.07, 6.45) is 6.17. The standard InChI is InChI=1S/C20H23NO3/c1-20-7-6-12-13(15(20)4-5-18(20)22)3-2-11-8-17-16(9-14(11)12)21-19(23)10-24-17/h8-9,12-13,15H,2-7,10H2,1H3,(H,21,23)/t12-,13+,15-,20-/m0/s1. The average molecular weight is 325 g/mol. The zero-order valence-electron chi connectivity index (χ0n) is 14.1. The van der Waals surface area contributed by atoms with Gasteiger partial charge in [0.25, 0.3) is 5.91 Å². The smallest absolute Gasteiger partial charge is 0.262 e. The van der Waals surface area contributed by atoms with Crippen LogP contribution in [0.4, 0.5) is 5.69 Å². The normalized spacial score (nSPS) is 36.8. The Kier molecular flexibility index (Phi) is 2.92. The van der Waals surface area contributed by atoms with Gasteiger partial charge in [0.15, 0.2) is 6.61 Å². The summed E-state index contributed by atoms with van der Waals surface area (Å²) in [5.74, 6) is 2.90. The number of fused-ring (bicyclic) bond motifs is 6. The Morgan fingerprint density at radius 3 is 2.92 bits per heavy atom. The highest BCUT2D eigenvalue weighted by atomic mass is 16.5. The fourth-order valence-corrected chi connectivity index (χ4v) is 5.92. The van der Waals surface area contributed by atoms with E-state index in [0.29, 0.717) is 23.5 Å². The number of carbonyl (C=O) groups is 2. The lowest BCUT2D eigenvalue weighted by atomic mass is 9.55. The van der Waals surface area contributed by atoms with Gasteiger partial charge in [-0.05, 0) is 73.1 Å². The van der Waals surface area contributed by atoms with Gasteiger partial charge in [-0.25, -0.2) is 0 Å². The molecule has 1 aromatic carbocycles. The van der Waals surface area contributed by atoms with E-state index in [9.17, 15) is 9.59 Å². The van der Waals surface area contributed by atoms with Crippen LogP contribution < -0.4 is 10.1 Å². The first-order chi connectivity index (χ1) is 11.6. The molecule has 4 atom stereocenters. The molecule has 126 valence electrons. The summed E-state index contributed by atoms with van der Waals surface area (Å²) in [6, 6.07) is 4.28. The number of amides is 1. The van der Waals surface area contributed by atoms with Crippen LogP contribution in [0, 0.1) is 17.3 Å². The van der Waals surface area contributed by atoms with E-state index in [1.54, 1.807) is 0 Å². The molecule has 1 aliphatic heterocycles. The van der Waals surface area contributed by atoms with Gasteiger partial charge in [-0.3, -0.25) is 9.59 Å². The van der Waals surface area contributed by atoms with Crippen LogP contribution in [0.25, 0.3) is 0 Å². The molecule has 0 bridgehead atoms. The molecule has 4 aliphatic rings. The topological polar surface area (TPSA) is 55.4 Å². The Hall–Kier alpha value is -1.84. The maximum absolute atomic E-state index is 12.4. The van der Waals surface area contributed by atoms with Gasteiger partial charge in [0.2, 0.25) is 0 Å². The van der Waals surface area contributed by atoms with Crippen LogP contribution in [0.1, 0.15) is 56.1 Å². The highest BCUT2D eigenvalue weighted by molar-refractivity contribution is 5.95. The summed E-state index contributed by atoms with van der Waals surface area (Å²) < 4.78 is 5.58. The number of nitrogens with one attached hydrogen (secondary N) is 1. The quantitative estimate of drug-likeness (QED) is 0.795. The summed E-state index contributed by atoms with van der Waals surface area (Å²) in [7, 11) is 0. The van der Waals surface area contributed by atoms with Crippen molar-refractivity contribution in [1.29, 1.82) is 0 Å². The summed E-state index contributed by atoms with van der Waals surface area (Å²) in [5, 5.41) is 2.95. The molecule has 3 aliphatic carbocycles. The Bertz CT molecular complexity index is 755. The van der Waals surface area contributed by atoms with Crippen LogP contribution in [0.5, 0.6) is 5.75 Å². The predicted molar refractivity (Wildman–Crippen MR) is 90.2 cm³/mol. The van der Waals surface area contributed by atoms with Gasteiger partial charge in [-0.2, -0.15) is 0 Å². The van der Waals surface area contributed by atoms with Crippen molar-refractivity contribution in [3.63, 3.8) is 0 Å². The Labute approximate surface area is 142 Å². The molecule has 2 saturated carbocycles. The van der Waals surface area contributed by atoms with E-state index in [1.165, 1.54) is 17.5 Å². The fourth-order valence-electron chi connectivity index (χ4n) is 5.92. The third-order valence-corrected chi connectivity index (χ3v) is 7.17. The molecule has 4 heteroatoms. The summed E-state index contributed by atoms with van der Waals surface area (Å²) in [6.45, 7) is 2.32. The molecule has 0 unspecified atom stereocenters. The number of hydrogen-bond acceptors (Lipinski definition) is 3. The minimum atomic E-state index is -0.0792. The Balaban J connectivity index is 1.54. The molecule has 1 aromatic rings. The van der Waals surface area contributed by atoms with Crippen molar-refractivity contribution in [3.05, 3.63) is 23.3 Å². The molecule has 1 N–H and O–H groups in total. The van der Waals surface area contributed by atoms with Gasteiger partial charge in [-0.15, -0.1) is 0 Å². The molecule has 0 saturated heterocycles. The van der Waals surface area contributed by atoms with Crippen molar-refractivity contribution in [2.24, 2.45) is 17.3 Å². The third-order valence-electron chi connectivity index (χ3n) is 7.17. The molecule has 24 heavy (non-hydrogen) atoms. The van der Waals surface area contributed by atoms with Gasteiger partial charge in [0, 0.05) is 11.8 Å². The average Bonchev–Trinajstić information content (AvgIpc) is 2.88. The van der Waals surface area contributed by atoms with E-state index in [-0.39, 0.29) is 17.9 Å². The van der Waals surface area contributed by atoms with Gasteiger partial charge in [0.05, 0.1) is 5.69 Å². The number of ketones is 1.